The molecule has 0 spiro atoms. The Labute approximate surface area is 94.7 Å². The predicted octanol–water partition coefficient (Wildman–Crippen LogP) is 3.38. The summed E-state index contributed by atoms with van der Waals surface area (Å²) in [6.45, 7) is 11.3. The zero-order chi connectivity index (χ0) is 11.0. The molecule has 1 aromatic heterocycles. The van der Waals surface area contributed by atoms with Crippen LogP contribution in [0.3, 0.4) is 0 Å². The summed E-state index contributed by atoms with van der Waals surface area (Å²) in [5, 5.41) is 1.35. The van der Waals surface area contributed by atoms with E-state index in [2.05, 4.69) is 50.1 Å². The molecule has 0 saturated heterocycles. The average Bonchev–Trinajstić information content (AvgIpc) is 2.43. The van der Waals surface area contributed by atoms with Crippen molar-refractivity contribution in [3.05, 3.63) is 40.9 Å². The van der Waals surface area contributed by atoms with E-state index in [9.17, 15) is 0 Å². The minimum Gasteiger partial charge on any atom is -0.182 e. The molecule has 0 atom stereocenters. The van der Waals surface area contributed by atoms with Gasteiger partial charge in [0.15, 0.2) is 6.54 Å². The van der Waals surface area contributed by atoms with Gasteiger partial charge in [-0.1, -0.05) is 30.0 Å². The molecule has 0 bridgehead atoms. The van der Waals surface area contributed by atoms with Crippen LogP contribution in [-0.2, 0) is 6.54 Å². The van der Waals surface area contributed by atoms with Gasteiger partial charge in [0.25, 0.3) is 0 Å². The Morgan fingerprint density at radius 1 is 1.40 bits per heavy atom. The maximum Gasteiger partial charge on any atom is 0.235 e. The van der Waals surface area contributed by atoms with Gasteiger partial charge in [-0.15, -0.1) is 0 Å². The van der Waals surface area contributed by atoms with Crippen molar-refractivity contribution in [2.45, 2.75) is 27.3 Å². The molecule has 1 aromatic carbocycles. The van der Waals surface area contributed by atoms with Gasteiger partial charge in [-0.3, -0.25) is 0 Å². The monoisotopic (exact) mass is 218 g/mol. The van der Waals surface area contributed by atoms with Crippen LogP contribution in [0.4, 0.5) is 0 Å². The van der Waals surface area contributed by atoms with Crippen LogP contribution < -0.4 is 4.57 Å². The molecule has 78 valence electrons. The largest absolute Gasteiger partial charge is 0.235 e. The number of thiazole rings is 1. The first-order valence-electron chi connectivity index (χ1n) is 5.12. The molecule has 0 fully saturated rings. The van der Waals surface area contributed by atoms with Gasteiger partial charge in [0, 0.05) is 12.5 Å². The molecule has 0 saturated carbocycles. The van der Waals surface area contributed by atoms with Crippen LogP contribution in [0, 0.1) is 13.8 Å². The molecule has 0 aliphatic heterocycles. The number of aromatic nitrogens is 1. The molecular weight excluding hydrogens is 202 g/mol. The fourth-order valence-corrected chi connectivity index (χ4v) is 2.99. The van der Waals surface area contributed by atoms with Gasteiger partial charge in [-0.05, 0) is 25.5 Å². The molecule has 2 aromatic rings. The van der Waals surface area contributed by atoms with E-state index in [-0.39, 0.29) is 0 Å². The van der Waals surface area contributed by atoms with Crippen LogP contribution in [0.5, 0.6) is 0 Å². The maximum atomic E-state index is 3.99. The third kappa shape index (κ3) is 1.82. The van der Waals surface area contributed by atoms with Gasteiger partial charge in [-0.2, -0.15) is 4.57 Å². The van der Waals surface area contributed by atoms with Crippen LogP contribution in [0.15, 0.2) is 30.4 Å². The minimum atomic E-state index is 0.927. The van der Waals surface area contributed by atoms with E-state index in [1.807, 2.05) is 11.3 Å². The smallest absolute Gasteiger partial charge is 0.182 e. The number of allylic oxidation sites excluding steroid dienone is 1. The first-order chi connectivity index (χ1) is 7.09. The van der Waals surface area contributed by atoms with E-state index in [1.54, 1.807) is 0 Å². The summed E-state index contributed by atoms with van der Waals surface area (Å²) in [6, 6.07) is 6.48. The fraction of sp³-hybridized carbons (Fsp3) is 0.308. The lowest BCUT2D eigenvalue weighted by atomic mass is 10.2. The molecule has 0 unspecified atom stereocenters. The molecule has 15 heavy (non-hydrogen) atoms. The third-order valence-electron chi connectivity index (χ3n) is 2.54. The van der Waals surface area contributed by atoms with Gasteiger partial charge >= 0.3 is 0 Å². The van der Waals surface area contributed by atoms with Crippen molar-refractivity contribution in [3.63, 3.8) is 0 Å². The van der Waals surface area contributed by atoms with Crippen molar-refractivity contribution >= 4 is 21.6 Å². The van der Waals surface area contributed by atoms with E-state index in [1.165, 1.54) is 26.4 Å². The Hall–Kier alpha value is -1.15. The topological polar surface area (TPSA) is 3.88 Å². The first kappa shape index (κ1) is 10.4. The van der Waals surface area contributed by atoms with Crippen LogP contribution in [0.1, 0.15) is 17.5 Å². The van der Waals surface area contributed by atoms with Gasteiger partial charge < -0.3 is 0 Å². The van der Waals surface area contributed by atoms with Gasteiger partial charge in [0.1, 0.15) is 4.70 Å². The van der Waals surface area contributed by atoms with Gasteiger partial charge in [0.2, 0.25) is 10.5 Å². The maximum absolute atomic E-state index is 3.99. The van der Waals surface area contributed by atoms with E-state index >= 15 is 0 Å². The van der Waals surface area contributed by atoms with Crippen molar-refractivity contribution in [2.75, 3.05) is 0 Å². The van der Waals surface area contributed by atoms with Crippen molar-refractivity contribution in [1.82, 2.24) is 0 Å². The van der Waals surface area contributed by atoms with Crippen LogP contribution >= 0.6 is 11.3 Å². The summed E-state index contributed by atoms with van der Waals surface area (Å²) in [5.41, 5.74) is 3.91. The normalized spacial score (nSPS) is 10.9. The number of nitrogens with zero attached hydrogens (tertiary/aromatic N) is 1. The summed E-state index contributed by atoms with van der Waals surface area (Å²) in [6.07, 6.45) is 0. The molecule has 1 nitrogen and oxygen atoms in total. The van der Waals surface area contributed by atoms with Crippen LogP contribution in [-0.4, -0.2) is 0 Å². The number of hydrogen-bond donors (Lipinski definition) is 0. The van der Waals surface area contributed by atoms with E-state index in [4.69, 9.17) is 0 Å². The first-order valence-corrected chi connectivity index (χ1v) is 5.94. The van der Waals surface area contributed by atoms with E-state index in [0.717, 1.165) is 6.54 Å². The summed E-state index contributed by atoms with van der Waals surface area (Å²) in [4.78, 5) is 0. The molecular formula is C13H16NS+. The lowest BCUT2D eigenvalue weighted by Gasteiger charge is -1.97. The second-order valence-electron chi connectivity index (χ2n) is 4.09. The zero-order valence-corrected chi connectivity index (χ0v) is 10.3. The van der Waals surface area contributed by atoms with Crippen molar-refractivity contribution in [1.29, 1.82) is 0 Å². The van der Waals surface area contributed by atoms with Gasteiger partial charge in [0.05, 0.1) is 0 Å². The Morgan fingerprint density at radius 2 is 2.13 bits per heavy atom. The molecule has 2 heteroatoms. The highest BCUT2D eigenvalue weighted by Crippen LogP contribution is 2.22. The summed E-state index contributed by atoms with van der Waals surface area (Å²) in [5.74, 6) is 0. The van der Waals surface area contributed by atoms with Crippen LogP contribution in [0.2, 0.25) is 0 Å². The minimum absolute atomic E-state index is 0.927. The Morgan fingerprint density at radius 3 is 2.80 bits per heavy atom. The standard InChI is InChI=1S/C13H16NS/c1-9(2)8-14-11(4)15-12-7-5-6-10(3)13(12)14/h5-7H,1,8H2,2-4H3/q+1. The number of benzene rings is 1. The molecule has 0 N–H and O–H groups in total. The molecule has 1 heterocycles. The third-order valence-corrected chi connectivity index (χ3v) is 3.60. The van der Waals surface area contributed by atoms with Crippen molar-refractivity contribution < 1.29 is 4.57 Å². The molecule has 0 radical (unpaired) electrons. The Kier molecular flexibility index (Phi) is 2.61. The van der Waals surface area contributed by atoms with E-state index in [0.29, 0.717) is 0 Å². The molecule has 2 rings (SSSR count). The highest BCUT2D eigenvalue weighted by Gasteiger charge is 2.18. The Bertz CT molecular complexity index is 523. The molecule has 0 aliphatic rings. The quantitative estimate of drug-likeness (QED) is 0.537. The second-order valence-corrected chi connectivity index (χ2v) is 5.32. The average molecular weight is 218 g/mol. The van der Waals surface area contributed by atoms with Crippen LogP contribution in [0.25, 0.3) is 10.2 Å². The number of hydrogen-bond acceptors (Lipinski definition) is 1. The SMILES string of the molecule is C=C(C)C[n+]1c(C)sc2cccc(C)c21. The van der Waals surface area contributed by atoms with E-state index < -0.39 is 0 Å². The fourth-order valence-electron chi connectivity index (χ4n) is 1.89. The van der Waals surface area contributed by atoms with Crippen molar-refractivity contribution in [2.24, 2.45) is 0 Å². The van der Waals surface area contributed by atoms with Gasteiger partial charge in [-0.25, -0.2) is 0 Å². The number of rotatable bonds is 2. The highest BCUT2D eigenvalue weighted by atomic mass is 32.1. The second kappa shape index (κ2) is 3.78. The lowest BCUT2D eigenvalue weighted by Crippen LogP contribution is -2.35. The number of para-hydroxylation sites is 1. The predicted molar refractivity (Wildman–Crippen MR) is 66.3 cm³/mol. The summed E-state index contributed by atoms with van der Waals surface area (Å²) in [7, 11) is 0. The molecule has 0 amide bonds. The summed E-state index contributed by atoms with van der Waals surface area (Å²) < 4.78 is 3.73. The van der Waals surface area contributed by atoms with Crippen molar-refractivity contribution in [3.8, 4) is 0 Å². The Balaban J connectivity index is 2.71. The number of aryl methyl sites for hydroxylation is 2. The zero-order valence-electron chi connectivity index (χ0n) is 9.50. The highest BCUT2D eigenvalue weighted by molar-refractivity contribution is 7.18. The number of fused-ring (bicyclic) bond motifs is 1. The summed E-state index contributed by atoms with van der Waals surface area (Å²) >= 11 is 1.86. The lowest BCUT2D eigenvalue weighted by molar-refractivity contribution is -0.664. The molecule has 0 aliphatic carbocycles.